The summed E-state index contributed by atoms with van der Waals surface area (Å²) >= 11 is 0. The Kier molecular flexibility index (Phi) is 9.42. The van der Waals surface area contributed by atoms with Crippen molar-refractivity contribution in [1.29, 1.82) is 0 Å². The number of sulfonamides is 1. The zero-order chi connectivity index (χ0) is 33.4. The number of carbonyl (C=O) groups excluding carboxylic acids is 1. The van der Waals surface area contributed by atoms with Gasteiger partial charge in [-0.1, -0.05) is 24.3 Å². The average Bonchev–Trinajstić information content (AvgIpc) is 3.34. The molecule has 1 aliphatic heterocycles. The molecule has 0 spiro atoms. The van der Waals surface area contributed by atoms with Crippen molar-refractivity contribution in [2.24, 2.45) is 0 Å². The van der Waals surface area contributed by atoms with E-state index in [9.17, 15) is 26.4 Å². The number of halogens is 4. The van der Waals surface area contributed by atoms with E-state index in [1.54, 1.807) is 24.3 Å². The van der Waals surface area contributed by atoms with Gasteiger partial charge in [-0.3, -0.25) is 4.79 Å². The summed E-state index contributed by atoms with van der Waals surface area (Å²) < 4.78 is 89.0. The third kappa shape index (κ3) is 7.18. The van der Waals surface area contributed by atoms with Crippen molar-refractivity contribution in [3.8, 4) is 5.75 Å². The fraction of sp³-hybridized carbons (Fsp3) is 0.433. The molecule has 1 aliphatic carbocycles. The maximum atomic E-state index is 15.2. The molecule has 0 unspecified atom stereocenters. The second kappa shape index (κ2) is 13.0. The van der Waals surface area contributed by atoms with Crippen LogP contribution < -0.4 is 20.7 Å². The summed E-state index contributed by atoms with van der Waals surface area (Å²) in [5.74, 6) is -2.37. The summed E-state index contributed by atoms with van der Waals surface area (Å²) in [7, 11) is 0.922. The SMILES string of the molecule is COc1cc(C(=O)NC2CCN(C)CC2)c(F)cc1Nc1ncc(C(F)(F)F)c(N[C@@H]2Cc3ccccc3[C@@H]2N(C)S(C)(=O)=O)n1. The highest BCUT2D eigenvalue weighted by atomic mass is 32.2. The van der Waals surface area contributed by atoms with Gasteiger partial charge in [-0.2, -0.15) is 22.5 Å². The fourth-order valence-corrected chi connectivity index (χ4v) is 6.50. The van der Waals surface area contributed by atoms with Crippen LogP contribution in [0, 0.1) is 5.82 Å². The van der Waals surface area contributed by atoms with Gasteiger partial charge in [-0.05, 0) is 56.6 Å². The van der Waals surface area contributed by atoms with E-state index in [4.69, 9.17) is 4.74 Å². The Morgan fingerprint density at radius 2 is 1.85 bits per heavy atom. The summed E-state index contributed by atoms with van der Waals surface area (Å²) in [4.78, 5) is 22.9. The number of alkyl halides is 3. The molecular weight excluding hydrogens is 630 g/mol. The summed E-state index contributed by atoms with van der Waals surface area (Å²) in [5, 5.41) is 8.36. The predicted octanol–water partition coefficient (Wildman–Crippen LogP) is 4.18. The summed E-state index contributed by atoms with van der Waals surface area (Å²) in [6, 6.07) is 7.47. The highest BCUT2D eigenvalue weighted by Crippen LogP contribution is 2.41. The summed E-state index contributed by atoms with van der Waals surface area (Å²) in [5.41, 5.74) is -0.00660. The minimum atomic E-state index is -4.85. The van der Waals surface area contributed by atoms with Crippen LogP contribution in [0.3, 0.4) is 0 Å². The minimum Gasteiger partial charge on any atom is -0.495 e. The molecule has 1 amide bonds. The van der Waals surface area contributed by atoms with Crippen molar-refractivity contribution in [2.45, 2.75) is 43.6 Å². The number of carbonyl (C=O) groups is 1. The van der Waals surface area contributed by atoms with Crippen LogP contribution in [0.5, 0.6) is 5.75 Å². The number of likely N-dealkylation sites (N-methyl/N-ethyl adjacent to an activating group) is 1. The molecule has 16 heteroatoms. The first-order chi connectivity index (χ1) is 21.7. The quantitative estimate of drug-likeness (QED) is 0.289. The van der Waals surface area contributed by atoms with E-state index in [1.165, 1.54) is 20.2 Å². The molecule has 1 aromatic heterocycles. The number of nitrogens with zero attached hydrogens (tertiary/aromatic N) is 4. The Labute approximate surface area is 264 Å². The Morgan fingerprint density at radius 1 is 1.15 bits per heavy atom. The van der Waals surface area contributed by atoms with E-state index in [0.717, 1.165) is 48.1 Å². The van der Waals surface area contributed by atoms with Gasteiger partial charge in [0.05, 0.1) is 36.7 Å². The smallest absolute Gasteiger partial charge is 0.421 e. The second-order valence-corrected chi connectivity index (χ2v) is 13.6. The van der Waals surface area contributed by atoms with Crippen LogP contribution in [0.4, 0.5) is 35.0 Å². The van der Waals surface area contributed by atoms with E-state index in [2.05, 4.69) is 30.8 Å². The number of aromatic nitrogens is 2. The van der Waals surface area contributed by atoms with Gasteiger partial charge in [0.1, 0.15) is 22.9 Å². The van der Waals surface area contributed by atoms with E-state index >= 15 is 4.39 Å². The first-order valence-electron chi connectivity index (χ1n) is 14.5. The minimum absolute atomic E-state index is 0.0236. The van der Waals surface area contributed by atoms with Crippen molar-refractivity contribution in [1.82, 2.24) is 24.5 Å². The number of fused-ring (bicyclic) bond motifs is 1. The molecule has 46 heavy (non-hydrogen) atoms. The van der Waals surface area contributed by atoms with Gasteiger partial charge >= 0.3 is 6.18 Å². The van der Waals surface area contributed by atoms with Gasteiger partial charge in [0.25, 0.3) is 5.91 Å². The van der Waals surface area contributed by atoms with Crippen LogP contribution in [0.1, 0.15) is 45.9 Å². The van der Waals surface area contributed by atoms with Gasteiger partial charge in [-0.15, -0.1) is 0 Å². The van der Waals surface area contributed by atoms with Crippen LogP contribution >= 0.6 is 0 Å². The number of piperidine rings is 1. The van der Waals surface area contributed by atoms with Crippen molar-refractivity contribution in [2.75, 3.05) is 51.2 Å². The lowest BCUT2D eigenvalue weighted by Crippen LogP contribution is -2.43. The number of rotatable bonds is 9. The van der Waals surface area contributed by atoms with Crippen molar-refractivity contribution < 1.29 is 35.5 Å². The van der Waals surface area contributed by atoms with Gasteiger partial charge in [-0.25, -0.2) is 17.8 Å². The predicted molar refractivity (Wildman–Crippen MR) is 164 cm³/mol. The van der Waals surface area contributed by atoms with Crippen LogP contribution in [0.25, 0.3) is 0 Å². The molecule has 3 N–H and O–H groups in total. The van der Waals surface area contributed by atoms with Gasteiger partial charge in [0.2, 0.25) is 16.0 Å². The molecule has 3 aromatic rings. The normalized spacial score (nSPS) is 19.2. The van der Waals surface area contributed by atoms with E-state index in [0.29, 0.717) is 11.8 Å². The van der Waals surface area contributed by atoms with Crippen molar-refractivity contribution >= 4 is 33.4 Å². The van der Waals surface area contributed by atoms with Crippen LogP contribution in [-0.2, 0) is 22.6 Å². The third-order valence-electron chi connectivity index (χ3n) is 8.36. The lowest BCUT2D eigenvalue weighted by molar-refractivity contribution is -0.137. The highest BCUT2D eigenvalue weighted by molar-refractivity contribution is 7.88. The Balaban J connectivity index is 1.43. The lowest BCUT2D eigenvalue weighted by atomic mass is 10.0. The standard InChI is InChI=1S/C30H35F4N7O4S/c1-40-11-9-18(10-12-40)36-28(42)20-14-25(45-3)23(15-22(20)31)38-29-35-16-21(30(32,33)34)27(39-29)37-24-13-17-7-5-6-8-19(17)26(24)41(2)46(4,43)44/h5-8,14-16,18,24,26H,9-13H2,1-4H3,(H,36,42)(H2,35,37,38,39)/t24-,26+/m1/s1. The first-order valence-corrected chi connectivity index (χ1v) is 16.4. The molecule has 248 valence electrons. The summed E-state index contributed by atoms with van der Waals surface area (Å²) in [6.45, 7) is 1.60. The third-order valence-corrected chi connectivity index (χ3v) is 9.63. The number of amides is 1. The van der Waals surface area contributed by atoms with Gasteiger partial charge < -0.3 is 25.6 Å². The largest absolute Gasteiger partial charge is 0.495 e. The Hall–Kier alpha value is -4.02. The van der Waals surface area contributed by atoms with Gasteiger partial charge in [0.15, 0.2) is 0 Å². The van der Waals surface area contributed by atoms with Gasteiger partial charge in [0, 0.05) is 25.4 Å². The summed E-state index contributed by atoms with van der Waals surface area (Å²) in [6.07, 6.45) is -1.57. The Bertz CT molecular complexity index is 1720. The second-order valence-electron chi connectivity index (χ2n) is 11.5. The number of benzene rings is 2. The molecule has 0 bridgehead atoms. The zero-order valence-corrected chi connectivity index (χ0v) is 26.5. The average molecular weight is 666 g/mol. The molecule has 5 rings (SSSR count). The number of ether oxygens (including phenoxy) is 1. The maximum absolute atomic E-state index is 15.2. The lowest BCUT2D eigenvalue weighted by Gasteiger charge is -2.30. The van der Waals surface area contributed by atoms with Crippen molar-refractivity contribution in [3.05, 3.63) is 70.7 Å². The van der Waals surface area contributed by atoms with Crippen molar-refractivity contribution in [3.63, 3.8) is 0 Å². The molecule has 11 nitrogen and oxygen atoms in total. The molecule has 2 aliphatic rings. The van der Waals surface area contributed by atoms with E-state index in [-0.39, 0.29) is 35.4 Å². The highest BCUT2D eigenvalue weighted by Gasteiger charge is 2.41. The monoisotopic (exact) mass is 665 g/mol. The zero-order valence-electron chi connectivity index (χ0n) is 25.7. The maximum Gasteiger partial charge on any atom is 0.421 e. The molecule has 1 saturated heterocycles. The number of hydrogen-bond acceptors (Lipinski definition) is 9. The Morgan fingerprint density at radius 3 is 2.50 bits per heavy atom. The topological polar surface area (TPSA) is 129 Å². The molecule has 2 heterocycles. The molecular formula is C30H35F4N7O4S. The molecule has 1 fully saturated rings. The fourth-order valence-electron chi connectivity index (χ4n) is 5.83. The number of anilines is 3. The number of nitrogens with one attached hydrogen (secondary N) is 3. The molecule has 2 aromatic carbocycles. The van der Waals surface area contributed by atoms with E-state index < -0.39 is 51.4 Å². The number of methoxy groups -OCH3 is 1. The van der Waals surface area contributed by atoms with Crippen LogP contribution in [0.2, 0.25) is 0 Å². The molecule has 0 radical (unpaired) electrons. The first kappa shape index (κ1) is 33.3. The molecule has 0 saturated carbocycles. The number of hydrogen-bond donors (Lipinski definition) is 3. The number of likely N-dealkylation sites (tertiary alicyclic amines) is 1. The van der Waals surface area contributed by atoms with E-state index in [1.807, 2.05) is 7.05 Å². The van der Waals surface area contributed by atoms with Crippen LogP contribution in [-0.4, -0.2) is 86.1 Å². The van der Waals surface area contributed by atoms with Crippen LogP contribution in [0.15, 0.2) is 42.6 Å². The molecule has 2 atom stereocenters.